The molecule has 2 N–H and O–H groups in total. The first-order valence-electron chi connectivity index (χ1n) is 7.70. The summed E-state index contributed by atoms with van der Waals surface area (Å²) in [6.45, 7) is 0. The first kappa shape index (κ1) is 14.5. The number of carboxylic acid groups (broad SMARTS) is 1. The molecule has 1 saturated carbocycles. The summed E-state index contributed by atoms with van der Waals surface area (Å²) < 4.78 is 5.53. The molecule has 1 heterocycles. The molecule has 0 unspecified atom stereocenters. The summed E-state index contributed by atoms with van der Waals surface area (Å²) >= 11 is 0. The molecule has 1 fully saturated rings. The van der Waals surface area contributed by atoms with Gasteiger partial charge in [-0.2, -0.15) is 0 Å². The molecule has 0 radical (unpaired) electrons. The molecule has 2 aromatic carbocycles. The fourth-order valence-corrected chi connectivity index (χ4v) is 2.97. The topological polar surface area (TPSA) is 83.6 Å². The van der Waals surface area contributed by atoms with Gasteiger partial charge >= 0.3 is 5.97 Å². The van der Waals surface area contributed by atoms with Crippen molar-refractivity contribution in [3.05, 3.63) is 60.4 Å². The first-order chi connectivity index (χ1) is 11.6. The van der Waals surface area contributed by atoms with Crippen molar-refractivity contribution >= 4 is 5.97 Å². The van der Waals surface area contributed by atoms with Crippen LogP contribution in [-0.2, 0) is 10.2 Å². The number of aromatic nitrogens is 1. The van der Waals surface area contributed by atoms with Crippen molar-refractivity contribution in [3.63, 3.8) is 0 Å². The normalized spacial score (nSPS) is 15.2. The number of nitrogens with zero attached hydrogens (tertiary/aromatic N) is 1. The minimum Gasteiger partial charge on any atom is -0.508 e. The average Bonchev–Trinajstić information content (AvgIpc) is 3.30. The lowest BCUT2D eigenvalue weighted by Gasteiger charge is -2.09. The van der Waals surface area contributed by atoms with Gasteiger partial charge in [0.05, 0.1) is 5.56 Å². The Morgan fingerprint density at radius 3 is 2.25 bits per heavy atom. The lowest BCUT2D eigenvalue weighted by atomic mass is 9.92. The summed E-state index contributed by atoms with van der Waals surface area (Å²) in [6, 6.07) is 16.1. The van der Waals surface area contributed by atoms with Crippen LogP contribution in [0.3, 0.4) is 0 Å². The number of carboxylic acids is 1. The van der Waals surface area contributed by atoms with Crippen LogP contribution in [0, 0.1) is 0 Å². The van der Waals surface area contributed by atoms with E-state index >= 15 is 0 Å². The van der Waals surface area contributed by atoms with Gasteiger partial charge in [-0.05, 0) is 42.7 Å². The molecule has 0 atom stereocenters. The second-order valence-electron chi connectivity index (χ2n) is 6.04. The maximum atomic E-state index is 11.7. The summed E-state index contributed by atoms with van der Waals surface area (Å²) in [5.74, 6) is -0.315. The summed E-state index contributed by atoms with van der Waals surface area (Å²) in [5, 5.41) is 23.3. The van der Waals surface area contributed by atoms with E-state index in [2.05, 4.69) is 5.16 Å². The zero-order chi connectivity index (χ0) is 16.7. The van der Waals surface area contributed by atoms with Crippen LogP contribution in [0.1, 0.15) is 18.6 Å². The average molecular weight is 321 g/mol. The highest BCUT2D eigenvalue weighted by atomic mass is 16.5. The number of hydrogen-bond donors (Lipinski definition) is 2. The van der Waals surface area contributed by atoms with Crippen LogP contribution in [0.25, 0.3) is 22.4 Å². The maximum Gasteiger partial charge on any atom is 0.317 e. The fourth-order valence-electron chi connectivity index (χ4n) is 2.97. The monoisotopic (exact) mass is 321 g/mol. The highest BCUT2D eigenvalue weighted by Gasteiger charge is 2.56. The van der Waals surface area contributed by atoms with E-state index in [0.717, 1.165) is 11.1 Å². The molecular weight excluding hydrogens is 306 g/mol. The maximum absolute atomic E-state index is 11.7. The SMILES string of the molecule is O=C(O)C1(c2onc(-c3ccc(O)cc3)c2-c2ccccc2)CC1. The minimum absolute atomic E-state index is 0.160. The number of benzene rings is 2. The molecule has 0 spiro atoms. The van der Waals surface area contributed by atoms with Crippen LogP contribution in [0.15, 0.2) is 59.1 Å². The second-order valence-corrected chi connectivity index (χ2v) is 6.04. The van der Waals surface area contributed by atoms with Crippen molar-refractivity contribution < 1.29 is 19.5 Å². The van der Waals surface area contributed by atoms with Gasteiger partial charge in [-0.15, -0.1) is 0 Å². The number of aliphatic carboxylic acids is 1. The fraction of sp³-hybridized carbons (Fsp3) is 0.158. The highest BCUT2D eigenvalue weighted by molar-refractivity contribution is 5.91. The quantitative estimate of drug-likeness (QED) is 0.763. The van der Waals surface area contributed by atoms with E-state index in [9.17, 15) is 15.0 Å². The third-order valence-corrected chi connectivity index (χ3v) is 4.49. The second kappa shape index (κ2) is 5.23. The molecule has 1 aliphatic carbocycles. The summed E-state index contributed by atoms with van der Waals surface area (Å²) in [7, 11) is 0. The third-order valence-electron chi connectivity index (χ3n) is 4.49. The molecule has 0 saturated heterocycles. The van der Waals surface area contributed by atoms with E-state index in [0.29, 0.717) is 29.9 Å². The van der Waals surface area contributed by atoms with Crippen LogP contribution < -0.4 is 0 Å². The number of hydrogen-bond acceptors (Lipinski definition) is 4. The number of rotatable bonds is 4. The lowest BCUT2D eigenvalue weighted by Crippen LogP contribution is -2.19. The van der Waals surface area contributed by atoms with Gasteiger partial charge in [0.1, 0.15) is 16.9 Å². The Morgan fingerprint density at radius 2 is 1.67 bits per heavy atom. The van der Waals surface area contributed by atoms with Crippen LogP contribution in [0.2, 0.25) is 0 Å². The molecule has 3 aromatic rings. The van der Waals surface area contributed by atoms with E-state index in [1.54, 1.807) is 24.3 Å². The van der Waals surface area contributed by atoms with E-state index in [-0.39, 0.29) is 5.75 Å². The molecule has 5 nitrogen and oxygen atoms in total. The predicted octanol–water partition coefficient (Wildman–Crippen LogP) is 3.83. The summed E-state index contributed by atoms with van der Waals surface area (Å²) in [5.41, 5.74) is 1.95. The van der Waals surface area contributed by atoms with Gasteiger partial charge in [0.2, 0.25) is 0 Å². The Labute approximate surface area is 138 Å². The zero-order valence-electron chi connectivity index (χ0n) is 12.8. The molecule has 4 rings (SSSR count). The van der Waals surface area contributed by atoms with Gasteiger partial charge in [0.25, 0.3) is 0 Å². The van der Waals surface area contributed by atoms with E-state index in [1.165, 1.54) is 0 Å². The standard InChI is InChI=1S/C19H15NO4/c21-14-8-6-13(7-9-14)16-15(12-4-2-1-3-5-12)17(24-20-16)19(10-11-19)18(22)23/h1-9,21H,10-11H2,(H,22,23). The van der Waals surface area contributed by atoms with Crippen molar-refractivity contribution in [2.75, 3.05) is 0 Å². The summed E-state index contributed by atoms with van der Waals surface area (Å²) in [4.78, 5) is 11.7. The molecule has 24 heavy (non-hydrogen) atoms. The first-order valence-corrected chi connectivity index (χ1v) is 7.70. The van der Waals surface area contributed by atoms with E-state index in [4.69, 9.17) is 4.52 Å². The number of aromatic hydroxyl groups is 1. The zero-order valence-corrected chi connectivity index (χ0v) is 12.8. The number of phenols is 1. The highest BCUT2D eigenvalue weighted by Crippen LogP contribution is 2.53. The molecule has 0 amide bonds. The van der Waals surface area contributed by atoms with Crippen molar-refractivity contribution in [2.24, 2.45) is 0 Å². The molecule has 5 heteroatoms. The van der Waals surface area contributed by atoms with Gasteiger partial charge < -0.3 is 14.7 Å². The molecule has 1 aromatic heterocycles. The van der Waals surface area contributed by atoms with Gasteiger partial charge in [-0.3, -0.25) is 4.79 Å². The van der Waals surface area contributed by atoms with Crippen LogP contribution in [0.5, 0.6) is 5.75 Å². The molecule has 1 aliphatic rings. The van der Waals surface area contributed by atoms with Crippen LogP contribution in [-0.4, -0.2) is 21.3 Å². The Hall–Kier alpha value is -3.08. The number of carbonyl (C=O) groups is 1. The Kier molecular flexibility index (Phi) is 3.16. The van der Waals surface area contributed by atoms with E-state index < -0.39 is 11.4 Å². The molecule has 0 bridgehead atoms. The number of phenolic OH excluding ortho intramolecular Hbond substituents is 1. The lowest BCUT2D eigenvalue weighted by molar-refractivity contribution is -0.140. The molecular formula is C19H15NO4. The van der Waals surface area contributed by atoms with Crippen LogP contribution >= 0.6 is 0 Å². The third kappa shape index (κ3) is 2.17. The molecule has 120 valence electrons. The van der Waals surface area contributed by atoms with E-state index in [1.807, 2.05) is 30.3 Å². The van der Waals surface area contributed by atoms with Crippen molar-refractivity contribution in [1.29, 1.82) is 0 Å². The Balaban J connectivity index is 1.94. The smallest absolute Gasteiger partial charge is 0.317 e. The van der Waals surface area contributed by atoms with Gasteiger partial charge in [0, 0.05) is 5.56 Å². The Morgan fingerprint density at radius 1 is 1.00 bits per heavy atom. The Bertz CT molecular complexity index is 893. The van der Waals surface area contributed by atoms with Crippen LogP contribution in [0.4, 0.5) is 0 Å². The molecule has 0 aliphatic heterocycles. The van der Waals surface area contributed by atoms with Gasteiger partial charge in [0.15, 0.2) is 5.76 Å². The van der Waals surface area contributed by atoms with Gasteiger partial charge in [-0.1, -0.05) is 35.5 Å². The minimum atomic E-state index is -0.979. The largest absolute Gasteiger partial charge is 0.508 e. The summed E-state index contributed by atoms with van der Waals surface area (Å²) in [6.07, 6.45) is 1.10. The predicted molar refractivity (Wildman–Crippen MR) is 87.6 cm³/mol. The van der Waals surface area contributed by atoms with Crippen molar-refractivity contribution in [2.45, 2.75) is 18.3 Å². The van der Waals surface area contributed by atoms with Crippen molar-refractivity contribution in [3.8, 4) is 28.1 Å². The van der Waals surface area contributed by atoms with Gasteiger partial charge in [-0.25, -0.2) is 0 Å². The van der Waals surface area contributed by atoms with Crippen molar-refractivity contribution in [1.82, 2.24) is 5.16 Å².